The van der Waals surface area contributed by atoms with Gasteiger partial charge in [-0.15, -0.1) is 0 Å². The highest BCUT2D eigenvalue weighted by Crippen LogP contribution is 2.18. The molecule has 0 spiro atoms. The molecule has 1 amide bonds. The number of benzene rings is 1. The first-order valence-corrected chi connectivity index (χ1v) is 10.2. The molecular formula is C22H36N2O. The average molecular weight is 345 g/mol. The van der Waals surface area contributed by atoms with Crippen LogP contribution in [0.3, 0.4) is 0 Å². The van der Waals surface area contributed by atoms with E-state index in [4.69, 9.17) is 0 Å². The molecule has 1 fully saturated rings. The summed E-state index contributed by atoms with van der Waals surface area (Å²) < 4.78 is 0. The summed E-state index contributed by atoms with van der Waals surface area (Å²) >= 11 is 0. The molecule has 3 nitrogen and oxygen atoms in total. The molecule has 25 heavy (non-hydrogen) atoms. The van der Waals surface area contributed by atoms with Crippen molar-refractivity contribution in [3.8, 4) is 0 Å². The first kappa shape index (κ1) is 20.0. The van der Waals surface area contributed by atoms with Gasteiger partial charge in [-0.3, -0.25) is 9.69 Å². The maximum atomic E-state index is 12.4. The molecule has 0 aromatic heterocycles. The predicted molar refractivity (Wildman–Crippen MR) is 106 cm³/mol. The highest BCUT2D eigenvalue weighted by molar-refractivity contribution is 5.94. The molecule has 2 atom stereocenters. The topological polar surface area (TPSA) is 32.3 Å². The molecule has 2 rings (SSSR count). The summed E-state index contributed by atoms with van der Waals surface area (Å²) in [6.45, 7) is 11.0. The lowest BCUT2D eigenvalue weighted by Crippen LogP contribution is -2.33. The number of amides is 1. The van der Waals surface area contributed by atoms with Crippen molar-refractivity contribution in [2.75, 3.05) is 19.6 Å². The Morgan fingerprint density at radius 3 is 2.68 bits per heavy atom. The average Bonchev–Trinajstić information content (AvgIpc) is 2.62. The normalized spacial score (nSPS) is 19.6. The molecule has 1 saturated heterocycles. The summed E-state index contributed by atoms with van der Waals surface area (Å²) in [4.78, 5) is 14.9. The Morgan fingerprint density at radius 2 is 2.04 bits per heavy atom. The van der Waals surface area contributed by atoms with E-state index in [1.165, 1.54) is 50.8 Å². The van der Waals surface area contributed by atoms with Crippen LogP contribution < -0.4 is 5.32 Å². The van der Waals surface area contributed by atoms with Crippen LogP contribution >= 0.6 is 0 Å². The number of hydrogen-bond acceptors (Lipinski definition) is 2. The number of carbonyl (C=O) groups excluding carboxylic acids is 1. The second kappa shape index (κ2) is 10.6. The van der Waals surface area contributed by atoms with Gasteiger partial charge in [0.2, 0.25) is 0 Å². The van der Waals surface area contributed by atoms with Crippen molar-refractivity contribution in [1.82, 2.24) is 10.2 Å². The molecule has 1 aromatic carbocycles. The third-order valence-electron chi connectivity index (χ3n) is 5.46. The minimum atomic E-state index is 0.0630. The SMILES string of the molecule is CCCCC(CC)CNC(=O)c1ccc(CN2CCCC(C)C2)cc1. The van der Waals surface area contributed by atoms with Crippen LogP contribution in [0.4, 0.5) is 0 Å². The lowest BCUT2D eigenvalue weighted by molar-refractivity contribution is 0.0946. The van der Waals surface area contributed by atoms with E-state index in [-0.39, 0.29) is 5.91 Å². The van der Waals surface area contributed by atoms with E-state index < -0.39 is 0 Å². The third-order valence-corrected chi connectivity index (χ3v) is 5.46. The monoisotopic (exact) mass is 344 g/mol. The summed E-state index contributed by atoms with van der Waals surface area (Å²) in [5.41, 5.74) is 2.08. The number of piperidine rings is 1. The van der Waals surface area contributed by atoms with Gasteiger partial charge >= 0.3 is 0 Å². The fourth-order valence-corrected chi connectivity index (χ4v) is 3.73. The summed E-state index contributed by atoms with van der Waals surface area (Å²) in [5, 5.41) is 3.12. The largest absolute Gasteiger partial charge is 0.352 e. The van der Waals surface area contributed by atoms with Crippen LogP contribution in [0, 0.1) is 11.8 Å². The van der Waals surface area contributed by atoms with Gasteiger partial charge in [0.25, 0.3) is 5.91 Å². The fraction of sp³-hybridized carbons (Fsp3) is 0.682. The first-order valence-electron chi connectivity index (χ1n) is 10.2. The van der Waals surface area contributed by atoms with Crippen molar-refractivity contribution >= 4 is 5.91 Å². The van der Waals surface area contributed by atoms with E-state index in [1.54, 1.807) is 0 Å². The van der Waals surface area contributed by atoms with Gasteiger partial charge in [-0.2, -0.15) is 0 Å². The zero-order chi connectivity index (χ0) is 18.1. The molecule has 1 aromatic rings. The zero-order valence-electron chi connectivity index (χ0n) is 16.4. The van der Waals surface area contributed by atoms with Crippen LogP contribution in [0.25, 0.3) is 0 Å². The van der Waals surface area contributed by atoms with E-state index in [9.17, 15) is 4.79 Å². The Bertz CT molecular complexity index is 511. The van der Waals surface area contributed by atoms with E-state index in [1.807, 2.05) is 12.1 Å². The summed E-state index contributed by atoms with van der Waals surface area (Å²) in [6.07, 6.45) is 7.47. The Balaban J connectivity index is 1.81. The van der Waals surface area contributed by atoms with Crippen LogP contribution in [-0.2, 0) is 6.54 Å². The minimum absolute atomic E-state index is 0.0630. The fourth-order valence-electron chi connectivity index (χ4n) is 3.73. The summed E-state index contributed by atoms with van der Waals surface area (Å²) in [6, 6.07) is 8.18. The molecule has 1 heterocycles. The number of rotatable bonds is 9. The lowest BCUT2D eigenvalue weighted by atomic mass is 9.99. The number of nitrogens with one attached hydrogen (secondary N) is 1. The third kappa shape index (κ3) is 6.81. The van der Waals surface area contributed by atoms with E-state index in [2.05, 4.69) is 43.1 Å². The van der Waals surface area contributed by atoms with E-state index in [0.717, 1.165) is 31.0 Å². The van der Waals surface area contributed by atoms with E-state index in [0.29, 0.717) is 5.92 Å². The second-order valence-corrected chi connectivity index (χ2v) is 7.81. The van der Waals surface area contributed by atoms with Gasteiger partial charge in [0.05, 0.1) is 0 Å². The highest BCUT2D eigenvalue weighted by Gasteiger charge is 2.16. The molecule has 3 heteroatoms. The number of carbonyl (C=O) groups is 1. The Morgan fingerprint density at radius 1 is 1.28 bits per heavy atom. The Labute approximate surface area is 154 Å². The molecule has 0 radical (unpaired) electrons. The quantitative estimate of drug-likeness (QED) is 0.693. The van der Waals surface area contributed by atoms with Crippen LogP contribution in [0.15, 0.2) is 24.3 Å². The van der Waals surface area contributed by atoms with Crippen molar-refractivity contribution in [2.24, 2.45) is 11.8 Å². The van der Waals surface area contributed by atoms with Crippen LogP contribution in [0.1, 0.15) is 75.2 Å². The smallest absolute Gasteiger partial charge is 0.251 e. The number of unbranched alkanes of at least 4 members (excludes halogenated alkanes) is 1. The molecule has 0 bridgehead atoms. The maximum absolute atomic E-state index is 12.4. The predicted octanol–water partition coefficient (Wildman–Crippen LogP) is 4.86. The molecule has 1 aliphatic heterocycles. The molecule has 1 aliphatic rings. The molecular weight excluding hydrogens is 308 g/mol. The van der Waals surface area contributed by atoms with Gasteiger partial charge in [0, 0.05) is 25.2 Å². The number of hydrogen-bond donors (Lipinski definition) is 1. The van der Waals surface area contributed by atoms with Crippen molar-refractivity contribution in [2.45, 2.75) is 65.8 Å². The van der Waals surface area contributed by atoms with Crippen molar-refractivity contribution in [3.63, 3.8) is 0 Å². The number of likely N-dealkylation sites (tertiary alicyclic amines) is 1. The summed E-state index contributed by atoms with van der Waals surface area (Å²) in [7, 11) is 0. The number of nitrogens with zero attached hydrogens (tertiary/aromatic N) is 1. The Hall–Kier alpha value is -1.35. The van der Waals surface area contributed by atoms with Gasteiger partial charge in [0.1, 0.15) is 0 Å². The maximum Gasteiger partial charge on any atom is 0.251 e. The molecule has 2 unspecified atom stereocenters. The van der Waals surface area contributed by atoms with Crippen LogP contribution in [0.2, 0.25) is 0 Å². The second-order valence-electron chi connectivity index (χ2n) is 7.81. The Kier molecular flexibility index (Phi) is 8.47. The van der Waals surface area contributed by atoms with Crippen molar-refractivity contribution in [3.05, 3.63) is 35.4 Å². The lowest BCUT2D eigenvalue weighted by Gasteiger charge is -2.30. The van der Waals surface area contributed by atoms with Gasteiger partial charge < -0.3 is 5.32 Å². The van der Waals surface area contributed by atoms with Crippen LogP contribution in [0.5, 0.6) is 0 Å². The van der Waals surface area contributed by atoms with E-state index >= 15 is 0 Å². The van der Waals surface area contributed by atoms with Gasteiger partial charge in [-0.25, -0.2) is 0 Å². The van der Waals surface area contributed by atoms with Crippen LogP contribution in [-0.4, -0.2) is 30.4 Å². The van der Waals surface area contributed by atoms with Crippen molar-refractivity contribution < 1.29 is 4.79 Å². The highest BCUT2D eigenvalue weighted by atomic mass is 16.1. The standard InChI is InChI=1S/C22H36N2O/c1-4-6-9-19(5-2)15-23-22(25)21-12-10-20(11-13-21)17-24-14-7-8-18(3)16-24/h10-13,18-19H,4-9,14-17H2,1-3H3,(H,23,25). The minimum Gasteiger partial charge on any atom is -0.352 e. The summed E-state index contributed by atoms with van der Waals surface area (Å²) in [5.74, 6) is 1.47. The zero-order valence-corrected chi connectivity index (χ0v) is 16.4. The van der Waals surface area contributed by atoms with Gasteiger partial charge in [-0.1, -0.05) is 52.2 Å². The van der Waals surface area contributed by atoms with Crippen molar-refractivity contribution in [1.29, 1.82) is 0 Å². The molecule has 1 N–H and O–H groups in total. The molecule has 0 saturated carbocycles. The van der Waals surface area contributed by atoms with Gasteiger partial charge in [-0.05, 0) is 55.3 Å². The molecule has 0 aliphatic carbocycles. The first-order chi connectivity index (χ1) is 12.1. The molecule has 140 valence electrons. The van der Waals surface area contributed by atoms with Gasteiger partial charge in [0.15, 0.2) is 0 Å².